The van der Waals surface area contributed by atoms with Crippen molar-refractivity contribution in [3.8, 4) is 0 Å². The first-order valence-corrected chi connectivity index (χ1v) is 5.76. The normalized spacial score (nSPS) is 10.3. The van der Waals surface area contributed by atoms with Gasteiger partial charge < -0.3 is 15.6 Å². The molecule has 0 unspecified atom stereocenters. The Morgan fingerprint density at radius 1 is 1.47 bits per heavy atom. The van der Waals surface area contributed by atoms with Gasteiger partial charge in [-0.1, -0.05) is 23.2 Å². The first kappa shape index (κ1) is 13.9. The number of nitrogens with one attached hydrogen (secondary N) is 1. The maximum atomic E-state index is 11.7. The Bertz CT molecular complexity index is 443. The van der Waals surface area contributed by atoms with Crippen LogP contribution in [0.4, 0.5) is 0 Å². The summed E-state index contributed by atoms with van der Waals surface area (Å²) >= 11 is 11.6. The van der Waals surface area contributed by atoms with Crippen LogP contribution in [-0.4, -0.2) is 22.9 Å². The zero-order chi connectivity index (χ0) is 13.0. The van der Waals surface area contributed by atoms with Crippen LogP contribution < -0.4 is 11.1 Å². The van der Waals surface area contributed by atoms with Gasteiger partial charge in [-0.05, 0) is 12.5 Å². The van der Waals surface area contributed by atoms with E-state index in [2.05, 4.69) is 5.32 Å². The fourth-order valence-electron chi connectivity index (χ4n) is 1.32. The minimum absolute atomic E-state index is 0.245. The molecule has 7 heteroatoms. The molecule has 0 saturated heterocycles. The van der Waals surface area contributed by atoms with Gasteiger partial charge in [0, 0.05) is 20.0 Å². The molecule has 1 heterocycles. The van der Waals surface area contributed by atoms with Crippen molar-refractivity contribution in [2.45, 2.75) is 12.8 Å². The molecular weight excluding hydrogens is 265 g/mol. The fraction of sp³-hybridized carbons (Fsp3) is 0.400. The summed E-state index contributed by atoms with van der Waals surface area (Å²) in [6.07, 6.45) is 0.752. The largest absolute Gasteiger partial charge is 0.370 e. The highest BCUT2D eigenvalue weighted by Gasteiger charge is 2.14. The molecule has 0 fully saturated rings. The highest BCUT2D eigenvalue weighted by atomic mass is 35.5. The Morgan fingerprint density at radius 2 is 2.12 bits per heavy atom. The predicted molar refractivity (Wildman–Crippen MR) is 66.2 cm³/mol. The molecule has 5 nitrogen and oxygen atoms in total. The average molecular weight is 278 g/mol. The second kappa shape index (κ2) is 5.93. The zero-order valence-electron chi connectivity index (χ0n) is 9.30. The van der Waals surface area contributed by atoms with Gasteiger partial charge in [0.1, 0.15) is 10.8 Å². The third kappa shape index (κ3) is 3.64. The van der Waals surface area contributed by atoms with Crippen molar-refractivity contribution in [1.82, 2.24) is 9.88 Å². The number of nitrogens with zero attached hydrogens (tertiary/aromatic N) is 1. The van der Waals surface area contributed by atoms with Crippen LogP contribution >= 0.6 is 23.2 Å². The summed E-state index contributed by atoms with van der Waals surface area (Å²) < 4.78 is 1.49. The van der Waals surface area contributed by atoms with E-state index in [1.54, 1.807) is 7.05 Å². The first-order chi connectivity index (χ1) is 7.93. The monoisotopic (exact) mass is 277 g/mol. The molecule has 1 rings (SSSR count). The quantitative estimate of drug-likeness (QED) is 0.797. The SMILES string of the molecule is Cn1c(C(=O)NCCCC(N)=O)cc(Cl)c1Cl. The lowest BCUT2D eigenvalue weighted by molar-refractivity contribution is -0.118. The third-order valence-electron chi connectivity index (χ3n) is 2.23. The summed E-state index contributed by atoms with van der Waals surface area (Å²) in [6.45, 7) is 0.377. The van der Waals surface area contributed by atoms with E-state index in [0.717, 1.165) is 0 Å². The minimum atomic E-state index is -0.385. The smallest absolute Gasteiger partial charge is 0.267 e. The van der Waals surface area contributed by atoms with Crippen LogP contribution in [0.2, 0.25) is 10.2 Å². The van der Waals surface area contributed by atoms with Crippen molar-refractivity contribution in [3.05, 3.63) is 21.9 Å². The highest BCUT2D eigenvalue weighted by molar-refractivity contribution is 6.41. The van der Waals surface area contributed by atoms with Crippen LogP contribution in [0.5, 0.6) is 0 Å². The van der Waals surface area contributed by atoms with Crippen molar-refractivity contribution in [3.63, 3.8) is 0 Å². The lowest BCUT2D eigenvalue weighted by atomic mass is 10.3. The van der Waals surface area contributed by atoms with Crippen molar-refractivity contribution in [2.75, 3.05) is 6.54 Å². The molecule has 0 atom stereocenters. The van der Waals surface area contributed by atoms with Gasteiger partial charge in [0.2, 0.25) is 5.91 Å². The van der Waals surface area contributed by atoms with E-state index in [0.29, 0.717) is 28.8 Å². The highest BCUT2D eigenvalue weighted by Crippen LogP contribution is 2.24. The van der Waals surface area contributed by atoms with E-state index in [9.17, 15) is 9.59 Å². The van der Waals surface area contributed by atoms with Crippen LogP contribution in [-0.2, 0) is 11.8 Å². The van der Waals surface area contributed by atoms with Crippen LogP contribution in [0.3, 0.4) is 0 Å². The summed E-state index contributed by atoms with van der Waals surface area (Å²) in [7, 11) is 1.65. The summed E-state index contributed by atoms with van der Waals surface area (Å²) in [5.74, 6) is -0.671. The van der Waals surface area contributed by atoms with Gasteiger partial charge in [0.25, 0.3) is 5.91 Å². The Balaban J connectivity index is 2.53. The molecule has 0 aliphatic rings. The molecular formula is C10H13Cl2N3O2. The number of hydrogen-bond acceptors (Lipinski definition) is 2. The predicted octanol–water partition coefficient (Wildman–Crippen LogP) is 1.33. The van der Waals surface area contributed by atoms with Gasteiger partial charge in [-0.3, -0.25) is 9.59 Å². The molecule has 1 aromatic heterocycles. The number of rotatable bonds is 5. The molecule has 0 spiro atoms. The number of carbonyl (C=O) groups is 2. The van der Waals surface area contributed by atoms with Gasteiger partial charge in [0.15, 0.2) is 0 Å². The van der Waals surface area contributed by atoms with Gasteiger partial charge in [-0.2, -0.15) is 0 Å². The van der Waals surface area contributed by atoms with E-state index in [-0.39, 0.29) is 18.2 Å². The van der Waals surface area contributed by atoms with Crippen LogP contribution in [0.25, 0.3) is 0 Å². The third-order valence-corrected chi connectivity index (χ3v) is 3.08. The van der Waals surface area contributed by atoms with E-state index < -0.39 is 0 Å². The Hall–Kier alpha value is -1.20. The Labute approximate surface area is 109 Å². The van der Waals surface area contributed by atoms with Gasteiger partial charge >= 0.3 is 0 Å². The summed E-state index contributed by atoms with van der Waals surface area (Å²) in [6, 6.07) is 1.49. The molecule has 0 aliphatic carbocycles. The van der Waals surface area contributed by atoms with Crippen LogP contribution in [0, 0.1) is 0 Å². The molecule has 0 aromatic carbocycles. The molecule has 17 heavy (non-hydrogen) atoms. The number of aromatic nitrogens is 1. The van der Waals surface area contributed by atoms with Crippen molar-refractivity contribution in [2.24, 2.45) is 12.8 Å². The standard InChI is InChI=1S/C10H13Cl2N3O2/c1-15-7(5-6(11)9(15)12)10(17)14-4-2-3-8(13)16/h5H,2-4H2,1H3,(H2,13,16)(H,14,17). The second-order valence-corrected chi connectivity index (χ2v) is 4.32. The minimum Gasteiger partial charge on any atom is -0.370 e. The van der Waals surface area contributed by atoms with E-state index in [1.807, 2.05) is 0 Å². The number of halogens is 2. The molecule has 0 saturated carbocycles. The molecule has 3 N–H and O–H groups in total. The lowest BCUT2D eigenvalue weighted by Gasteiger charge is -2.05. The number of carbonyl (C=O) groups excluding carboxylic acids is 2. The Kier molecular flexibility index (Phi) is 4.84. The van der Waals surface area contributed by atoms with Crippen molar-refractivity contribution < 1.29 is 9.59 Å². The fourth-order valence-corrected chi connectivity index (χ4v) is 1.69. The molecule has 0 bridgehead atoms. The zero-order valence-corrected chi connectivity index (χ0v) is 10.8. The van der Waals surface area contributed by atoms with Crippen molar-refractivity contribution in [1.29, 1.82) is 0 Å². The number of nitrogens with two attached hydrogens (primary N) is 1. The van der Waals surface area contributed by atoms with E-state index >= 15 is 0 Å². The first-order valence-electron chi connectivity index (χ1n) is 5.00. The van der Waals surface area contributed by atoms with Crippen LogP contribution in [0.1, 0.15) is 23.3 Å². The molecule has 0 aliphatic heterocycles. The number of primary amides is 1. The van der Waals surface area contributed by atoms with Crippen molar-refractivity contribution >= 4 is 35.0 Å². The maximum Gasteiger partial charge on any atom is 0.267 e. The van der Waals surface area contributed by atoms with Gasteiger partial charge in [0.05, 0.1) is 5.02 Å². The average Bonchev–Trinajstić information content (AvgIpc) is 2.52. The van der Waals surface area contributed by atoms with Gasteiger partial charge in [-0.25, -0.2) is 0 Å². The van der Waals surface area contributed by atoms with Gasteiger partial charge in [-0.15, -0.1) is 0 Å². The number of hydrogen-bond donors (Lipinski definition) is 2. The summed E-state index contributed by atoms with van der Waals surface area (Å²) in [5, 5.41) is 3.29. The molecule has 94 valence electrons. The Morgan fingerprint density at radius 3 is 2.59 bits per heavy atom. The van der Waals surface area contributed by atoms with E-state index in [1.165, 1.54) is 10.6 Å². The summed E-state index contributed by atoms with van der Waals surface area (Å²) in [4.78, 5) is 22.2. The van der Waals surface area contributed by atoms with Crippen LogP contribution in [0.15, 0.2) is 6.07 Å². The maximum absolute atomic E-state index is 11.7. The molecule has 1 aromatic rings. The van der Waals surface area contributed by atoms with E-state index in [4.69, 9.17) is 28.9 Å². The molecule has 2 amide bonds. The topological polar surface area (TPSA) is 77.1 Å². The number of amides is 2. The summed E-state index contributed by atoms with van der Waals surface area (Å²) in [5.41, 5.74) is 5.35. The second-order valence-electron chi connectivity index (χ2n) is 3.55. The lowest BCUT2D eigenvalue weighted by Crippen LogP contribution is -2.27. The molecule has 0 radical (unpaired) electrons.